The summed E-state index contributed by atoms with van der Waals surface area (Å²) >= 11 is 0. The molecule has 0 unspecified atom stereocenters. The lowest BCUT2D eigenvalue weighted by molar-refractivity contribution is -0.137. The Morgan fingerprint density at radius 2 is 1.48 bits per heavy atom. The molecule has 1 atom stereocenters. The summed E-state index contributed by atoms with van der Waals surface area (Å²) in [6.07, 6.45) is 25.2. The average Bonchev–Trinajstić information content (AvgIpc) is 2.53. The number of hydrogen-bond donors (Lipinski definition) is 2. The van der Waals surface area contributed by atoms with Gasteiger partial charge >= 0.3 is 5.97 Å². The predicted molar refractivity (Wildman–Crippen MR) is 97.3 cm³/mol. The van der Waals surface area contributed by atoms with Gasteiger partial charge in [-0.15, -0.1) is 0 Å². The van der Waals surface area contributed by atoms with E-state index in [0.29, 0.717) is 6.42 Å². The van der Waals surface area contributed by atoms with Gasteiger partial charge in [0.05, 0.1) is 6.10 Å². The maximum Gasteiger partial charge on any atom is 0.303 e. The minimum atomic E-state index is -0.727. The third-order valence-electron chi connectivity index (χ3n) is 3.08. The van der Waals surface area contributed by atoms with E-state index in [4.69, 9.17) is 5.11 Å². The van der Waals surface area contributed by atoms with Gasteiger partial charge in [0, 0.05) is 6.42 Å². The van der Waals surface area contributed by atoms with Crippen LogP contribution in [-0.2, 0) is 4.79 Å². The highest BCUT2D eigenvalue weighted by molar-refractivity contribution is 5.66. The summed E-state index contributed by atoms with van der Waals surface area (Å²) in [5.74, 6) is -0.727. The molecule has 0 radical (unpaired) electrons. The summed E-state index contributed by atoms with van der Waals surface area (Å²) in [5.41, 5.74) is 0. The van der Waals surface area contributed by atoms with E-state index < -0.39 is 5.97 Å². The molecular formula is C20H30O3. The lowest BCUT2D eigenvalue weighted by atomic mass is 10.2. The molecule has 0 aliphatic carbocycles. The lowest BCUT2D eigenvalue weighted by Gasteiger charge is -1.95. The lowest BCUT2D eigenvalue weighted by Crippen LogP contribution is -1.97. The minimum Gasteiger partial charge on any atom is -0.481 e. The number of rotatable bonds is 13. The highest BCUT2D eigenvalue weighted by atomic mass is 16.4. The molecule has 0 spiro atoms. The van der Waals surface area contributed by atoms with E-state index in [2.05, 4.69) is 36.5 Å². The molecule has 23 heavy (non-hydrogen) atoms. The van der Waals surface area contributed by atoms with Crippen LogP contribution in [0.25, 0.3) is 0 Å². The molecule has 0 aromatic carbocycles. The first kappa shape index (κ1) is 21.1. The van der Waals surface area contributed by atoms with Gasteiger partial charge < -0.3 is 10.2 Å². The molecule has 0 fully saturated rings. The van der Waals surface area contributed by atoms with Crippen LogP contribution >= 0.6 is 0 Å². The smallest absolute Gasteiger partial charge is 0.303 e. The fourth-order valence-electron chi connectivity index (χ4n) is 1.69. The molecule has 0 rings (SSSR count). The second-order valence-corrected chi connectivity index (χ2v) is 5.20. The Morgan fingerprint density at radius 3 is 2.04 bits per heavy atom. The highest BCUT2D eigenvalue weighted by Gasteiger charge is 1.92. The third kappa shape index (κ3) is 18.1. The molecular weight excluding hydrogens is 288 g/mol. The van der Waals surface area contributed by atoms with E-state index in [1.807, 2.05) is 25.2 Å². The summed E-state index contributed by atoms with van der Waals surface area (Å²) < 4.78 is 0. The van der Waals surface area contributed by atoms with Crippen LogP contribution in [0.1, 0.15) is 51.9 Å². The Kier molecular flexibility index (Phi) is 15.2. The molecule has 3 nitrogen and oxygen atoms in total. The summed E-state index contributed by atoms with van der Waals surface area (Å²) in [6.45, 7) is 1.95. The van der Waals surface area contributed by atoms with Crippen LogP contribution in [0.15, 0.2) is 60.8 Å². The van der Waals surface area contributed by atoms with Crippen LogP contribution in [0.4, 0.5) is 0 Å². The monoisotopic (exact) mass is 318 g/mol. The van der Waals surface area contributed by atoms with Crippen molar-refractivity contribution in [3.8, 4) is 0 Å². The Bertz CT molecular complexity index is 428. The zero-order chi connectivity index (χ0) is 17.2. The van der Waals surface area contributed by atoms with Crippen molar-refractivity contribution in [1.82, 2.24) is 0 Å². The van der Waals surface area contributed by atoms with E-state index in [1.165, 1.54) is 0 Å². The summed E-state index contributed by atoms with van der Waals surface area (Å²) in [4.78, 5) is 10.3. The molecule has 0 amide bonds. The molecule has 0 bridgehead atoms. The Hall–Kier alpha value is -1.87. The van der Waals surface area contributed by atoms with Gasteiger partial charge in [-0.05, 0) is 38.5 Å². The van der Waals surface area contributed by atoms with E-state index >= 15 is 0 Å². The number of carboxylic acid groups (broad SMARTS) is 1. The van der Waals surface area contributed by atoms with Gasteiger partial charge in [0.1, 0.15) is 0 Å². The maximum absolute atomic E-state index is 10.3. The van der Waals surface area contributed by atoms with Crippen LogP contribution in [-0.4, -0.2) is 22.3 Å². The fourth-order valence-corrected chi connectivity index (χ4v) is 1.69. The van der Waals surface area contributed by atoms with Crippen molar-refractivity contribution >= 4 is 5.97 Å². The third-order valence-corrected chi connectivity index (χ3v) is 3.08. The van der Waals surface area contributed by atoms with Crippen molar-refractivity contribution in [3.05, 3.63) is 60.8 Å². The zero-order valence-corrected chi connectivity index (χ0v) is 14.1. The van der Waals surface area contributed by atoms with Gasteiger partial charge in [-0.2, -0.15) is 0 Å². The van der Waals surface area contributed by atoms with E-state index in [9.17, 15) is 9.90 Å². The SMILES string of the molecule is CC[C@H](O)/C=C/C=C\C/C=C\C/C=C\C/C=C\CCCC(=O)O. The summed E-state index contributed by atoms with van der Waals surface area (Å²) in [7, 11) is 0. The van der Waals surface area contributed by atoms with Crippen molar-refractivity contribution in [2.75, 3.05) is 0 Å². The first-order valence-corrected chi connectivity index (χ1v) is 8.35. The average molecular weight is 318 g/mol. The van der Waals surface area contributed by atoms with Gasteiger partial charge in [-0.3, -0.25) is 4.79 Å². The first-order chi connectivity index (χ1) is 11.2. The molecule has 0 aromatic heterocycles. The number of carbonyl (C=O) groups is 1. The normalized spacial score (nSPS) is 14.2. The van der Waals surface area contributed by atoms with E-state index in [1.54, 1.807) is 6.08 Å². The molecule has 0 heterocycles. The van der Waals surface area contributed by atoms with Crippen LogP contribution in [0.3, 0.4) is 0 Å². The molecule has 2 N–H and O–H groups in total. The minimum absolute atomic E-state index is 0.244. The van der Waals surface area contributed by atoms with E-state index in [0.717, 1.165) is 32.1 Å². The van der Waals surface area contributed by atoms with Crippen LogP contribution < -0.4 is 0 Å². The van der Waals surface area contributed by atoms with Crippen molar-refractivity contribution < 1.29 is 15.0 Å². The Balaban J connectivity index is 3.55. The number of allylic oxidation sites excluding steroid dienone is 9. The molecule has 0 aliphatic heterocycles. The van der Waals surface area contributed by atoms with Crippen LogP contribution in [0.5, 0.6) is 0 Å². The second-order valence-electron chi connectivity index (χ2n) is 5.20. The van der Waals surface area contributed by atoms with Gasteiger partial charge in [0.15, 0.2) is 0 Å². The van der Waals surface area contributed by atoms with Crippen molar-refractivity contribution in [2.45, 2.75) is 58.0 Å². The van der Waals surface area contributed by atoms with Crippen molar-refractivity contribution in [2.24, 2.45) is 0 Å². The summed E-state index contributed by atoms with van der Waals surface area (Å²) in [6, 6.07) is 0. The van der Waals surface area contributed by atoms with Gasteiger partial charge in [-0.25, -0.2) is 0 Å². The molecule has 3 heteroatoms. The van der Waals surface area contributed by atoms with Crippen LogP contribution in [0.2, 0.25) is 0 Å². The Labute approximate surface area is 140 Å². The fraction of sp³-hybridized carbons (Fsp3) is 0.450. The van der Waals surface area contributed by atoms with E-state index in [-0.39, 0.29) is 12.5 Å². The van der Waals surface area contributed by atoms with Gasteiger partial charge in [0.2, 0.25) is 0 Å². The summed E-state index contributed by atoms with van der Waals surface area (Å²) in [5, 5.41) is 17.8. The predicted octanol–water partition coefficient (Wildman–Crippen LogP) is 4.96. The molecule has 0 saturated carbocycles. The van der Waals surface area contributed by atoms with Crippen molar-refractivity contribution in [3.63, 3.8) is 0 Å². The number of aliphatic hydroxyl groups is 1. The number of carboxylic acids is 1. The second kappa shape index (κ2) is 16.5. The largest absolute Gasteiger partial charge is 0.481 e. The highest BCUT2D eigenvalue weighted by Crippen LogP contribution is 1.99. The number of unbranched alkanes of at least 4 members (excludes halogenated alkanes) is 1. The zero-order valence-electron chi connectivity index (χ0n) is 14.1. The molecule has 0 saturated heterocycles. The van der Waals surface area contributed by atoms with Crippen molar-refractivity contribution in [1.29, 1.82) is 0 Å². The number of aliphatic hydroxyl groups excluding tert-OH is 1. The maximum atomic E-state index is 10.3. The molecule has 0 aliphatic rings. The number of aliphatic carboxylic acids is 1. The topological polar surface area (TPSA) is 57.5 Å². The first-order valence-electron chi connectivity index (χ1n) is 8.35. The standard InChI is InChI=1S/C20H30O3/c1-2-19(21)17-15-13-11-9-7-5-3-4-6-8-10-12-14-16-18-20(22)23/h4-7,10-13,15,17,19,21H,2-3,8-9,14,16,18H2,1H3,(H,22,23)/b6-4-,7-5-,12-10-,13-11-,17-15+/t19-/m0/s1. The van der Waals surface area contributed by atoms with Crippen LogP contribution in [0, 0.1) is 0 Å². The quantitative estimate of drug-likeness (QED) is 0.286. The molecule has 0 aromatic rings. The molecule has 128 valence electrons. The van der Waals surface area contributed by atoms with Gasteiger partial charge in [0.25, 0.3) is 0 Å². The van der Waals surface area contributed by atoms with Gasteiger partial charge in [-0.1, -0.05) is 67.7 Å². The number of hydrogen-bond acceptors (Lipinski definition) is 2. The Morgan fingerprint density at radius 1 is 0.913 bits per heavy atom.